The van der Waals surface area contributed by atoms with Crippen LogP contribution in [0, 0.1) is 0 Å². The second kappa shape index (κ2) is 12.9. The van der Waals surface area contributed by atoms with Crippen molar-refractivity contribution in [3.05, 3.63) is 95.6 Å². The Morgan fingerprint density at radius 3 is 2.12 bits per heavy atom. The van der Waals surface area contributed by atoms with E-state index >= 15 is 0 Å². The van der Waals surface area contributed by atoms with E-state index in [-0.39, 0.29) is 44.4 Å². The van der Waals surface area contributed by atoms with E-state index < -0.39 is 29.8 Å². The van der Waals surface area contributed by atoms with E-state index in [1.807, 2.05) is 75.4 Å². The molecule has 1 aliphatic heterocycles. The van der Waals surface area contributed by atoms with E-state index in [2.05, 4.69) is 24.3 Å². The summed E-state index contributed by atoms with van der Waals surface area (Å²) in [7, 11) is 0. The highest BCUT2D eigenvalue weighted by molar-refractivity contribution is 5.79. The first-order valence-corrected chi connectivity index (χ1v) is 15.0. The van der Waals surface area contributed by atoms with Gasteiger partial charge in [-0.1, -0.05) is 78.9 Å². The Balaban J connectivity index is 1.41. The second-order valence-electron chi connectivity index (χ2n) is 12.3. The highest BCUT2D eigenvalue weighted by atomic mass is 16.6. The molecule has 1 heterocycles. The molecule has 3 aromatic carbocycles. The van der Waals surface area contributed by atoms with E-state index in [0.29, 0.717) is 13.0 Å². The number of nitrogens with zero attached hydrogens (tertiary/aromatic N) is 2. The number of piperidine rings is 1. The van der Waals surface area contributed by atoms with Crippen molar-refractivity contribution < 1.29 is 29.0 Å². The lowest BCUT2D eigenvalue weighted by Gasteiger charge is -2.44. The summed E-state index contributed by atoms with van der Waals surface area (Å²) in [5.74, 6) is -1.09. The summed E-state index contributed by atoms with van der Waals surface area (Å²) in [6.45, 7) is 6.57. The quantitative estimate of drug-likeness (QED) is 0.310. The maximum Gasteiger partial charge on any atom is 0.410 e. The Hall–Kier alpha value is -4.33. The molecule has 5 rings (SSSR count). The number of carbonyl (C=O) groups excluding carboxylic acids is 2. The predicted octanol–water partition coefficient (Wildman–Crippen LogP) is 6.90. The predicted molar refractivity (Wildman–Crippen MR) is 164 cm³/mol. The van der Waals surface area contributed by atoms with Crippen LogP contribution in [0.15, 0.2) is 78.9 Å². The number of carboxylic acids is 1. The first-order valence-electron chi connectivity index (χ1n) is 15.0. The smallest absolute Gasteiger partial charge is 0.410 e. The fourth-order valence-corrected chi connectivity index (χ4v) is 6.30. The molecule has 2 aliphatic rings. The second-order valence-corrected chi connectivity index (χ2v) is 12.3. The van der Waals surface area contributed by atoms with Gasteiger partial charge < -0.3 is 24.4 Å². The number of rotatable bonds is 8. The molecule has 3 aromatic rings. The number of fused-ring (bicyclic) bond motifs is 3. The van der Waals surface area contributed by atoms with E-state index in [4.69, 9.17) is 9.47 Å². The molecule has 0 aromatic heterocycles. The van der Waals surface area contributed by atoms with Crippen LogP contribution >= 0.6 is 0 Å². The molecular formula is C35H40N2O6. The number of carboxylic acid groups (broad SMARTS) is 1. The Kier molecular flexibility index (Phi) is 9.04. The molecule has 2 atom stereocenters. The number of hydrogen-bond acceptors (Lipinski definition) is 5. The molecule has 2 unspecified atom stereocenters. The molecule has 1 N–H and O–H groups in total. The van der Waals surface area contributed by atoms with Crippen molar-refractivity contribution >= 4 is 18.2 Å². The SMILES string of the molecule is CC(C)(C)OC(=O)N1CCC(c2ccccc2)C(N(CCCC(=O)O)C(=O)OCC2c3ccccc3-c3ccccc32)C1. The maximum atomic E-state index is 14.0. The number of aliphatic carboxylic acids is 1. The zero-order valence-electron chi connectivity index (χ0n) is 25.1. The van der Waals surface area contributed by atoms with Crippen LogP contribution in [0.3, 0.4) is 0 Å². The topological polar surface area (TPSA) is 96.4 Å². The van der Waals surface area contributed by atoms with Crippen molar-refractivity contribution in [3.8, 4) is 11.1 Å². The molecule has 0 saturated carbocycles. The van der Waals surface area contributed by atoms with Crippen LogP contribution in [0.4, 0.5) is 9.59 Å². The lowest BCUT2D eigenvalue weighted by molar-refractivity contribution is -0.137. The standard InChI is InChI=1S/C35H40N2O6/c1-35(2,3)43-33(40)36-21-19-25(24-12-5-4-6-13-24)31(22-36)37(20-11-18-32(38)39)34(41)42-23-30-28-16-9-7-14-26(28)27-15-8-10-17-29(27)30/h4-10,12-17,25,30-31H,11,18-23H2,1-3H3,(H,38,39). The van der Waals surface area contributed by atoms with Crippen LogP contribution in [-0.2, 0) is 14.3 Å². The van der Waals surface area contributed by atoms with Crippen LogP contribution in [0.5, 0.6) is 0 Å². The van der Waals surface area contributed by atoms with Gasteiger partial charge in [0.15, 0.2) is 0 Å². The summed E-state index contributed by atoms with van der Waals surface area (Å²) in [5, 5.41) is 9.36. The zero-order chi connectivity index (χ0) is 30.6. The van der Waals surface area contributed by atoms with Gasteiger partial charge in [0.1, 0.15) is 12.2 Å². The van der Waals surface area contributed by atoms with Crippen LogP contribution < -0.4 is 0 Å². The summed E-state index contributed by atoms with van der Waals surface area (Å²) < 4.78 is 11.8. The molecule has 1 aliphatic carbocycles. The zero-order valence-corrected chi connectivity index (χ0v) is 25.1. The molecule has 1 fully saturated rings. The molecule has 43 heavy (non-hydrogen) atoms. The van der Waals surface area contributed by atoms with Crippen molar-refractivity contribution in [1.29, 1.82) is 0 Å². The van der Waals surface area contributed by atoms with Gasteiger partial charge in [0, 0.05) is 37.9 Å². The minimum Gasteiger partial charge on any atom is -0.481 e. The summed E-state index contributed by atoms with van der Waals surface area (Å²) in [4.78, 5) is 41.8. The van der Waals surface area contributed by atoms with Gasteiger partial charge in [0.05, 0.1) is 6.04 Å². The average molecular weight is 585 g/mol. The highest BCUT2D eigenvalue weighted by Gasteiger charge is 2.40. The molecule has 226 valence electrons. The number of ether oxygens (including phenoxy) is 2. The van der Waals surface area contributed by atoms with Crippen LogP contribution in [0.25, 0.3) is 11.1 Å². The molecule has 0 bridgehead atoms. The fourth-order valence-electron chi connectivity index (χ4n) is 6.30. The van der Waals surface area contributed by atoms with Gasteiger partial charge in [-0.3, -0.25) is 4.79 Å². The molecular weight excluding hydrogens is 544 g/mol. The lowest BCUT2D eigenvalue weighted by Crippen LogP contribution is -2.56. The van der Waals surface area contributed by atoms with Crippen LogP contribution in [-0.4, -0.2) is 70.9 Å². The third-order valence-corrected chi connectivity index (χ3v) is 8.22. The van der Waals surface area contributed by atoms with Crippen molar-refractivity contribution in [2.75, 3.05) is 26.2 Å². The van der Waals surface area contributed by atoms with Crippen molar-refractivity contribution in [2.45, 2.75) is 63.5 Å². The highest BCUT2D eigenvalue weighted by Crippen LogP contribution is 2.44. The molecule has 0 spiro atoms. The molecule has 2 amide bonds. The third-order valence-electron chi connectivity index (χ3n) is 8.22. The largest absolute Gasteiger partial charge is 0.481 e. The Morgan fingerprint density at radius 1 is 0.907 bits per heavy atom. The van der Waals surface area contributed by atoms with E-state index in [9.17, 15) is 19.5 Å². The fraction of sp³-hybridized carbons (Fsp3) is 0.400. The van der Waals surface area contributed by atoms with Crippen molar-refractivity contribution in [3.63, 3.8) is 0 Å². The number of benzene rings is 3. The monoisotopic (exact) mass is 584 g/mol. The summed E-state index contributed by atoms with van der Waals surface area (Å²) in [5.41, 5.74) is 4.92. The minimum absolute atomic E-state index is 0.0646. The first kappa shape index (κ1) is 30.1. The van der Waals surface area contributed by atoms with Gasteiger partial charge in [-0.15, -0.1) is 0 Å². The van der Waals surface area contributed by atoms with Gasteiger partial charge >= 0.3 is 18.2 Å². The molecule has 0 radical (unpaired) electrons. The van der Waals surface area contributed by atoms with Gasteiger partial charge in [-0.2, -0.15) is 0 Å². The number of amides is 2. The van der Waals surface area contributed by atoms with E-state index in [1.165, 1.54) is 0 Å². The minimum atomic E-state index is -0.925. The van der Waals surface area contributed by atoms with Gasteiger partial charge in [-0.05, 0) is 61.4 Å². The first-order chi connectivity index (χ1) is 20.6. The van der Waals surface area contributed by atoms with Gasteiger partial charge in [0.2, 0.25) is 0 Å². The van der Waals surface area contributed by atoms with Crippen molar-refractivity contribution in [1.82, 2.24) is 9.80 Å². The number of likely N-dealkylation sites (tertiary alicyclic amines) is 1. The Morgan fingerprint density at radius 2 is 1.51 bits per heavy atom. The number of carbonyl (C=O) groups is 3. The van der Waals surface area contributed by atoms with Crippen LogP contribution in [0.2, 0.25) is 0 Å². The normalized spacial score (nSPS) is 18.0. The Bertz CT molecular complexity index is 1400. The van der Waals surface area contributed by atoms with Crippen molar-refractivity contribution in [2.24, 2.45) is 0 Å². The molecule has 8 nitrogen and oxygen atoms in total. The Labute approximate surface area is 253 Å². The van der Waals surface area contributed by atoms with Crippen LogP contribution in [0.1, 0.15) is 68.6 Å². The molecule has 8 heteroatoms. The number of hydrogen-bond donors (Lipinski definition) is 1. The summed E-state index contributed by atoms with van der Waals surface area (Å²) >= 11 is 0. The average Bonchev–Trinajstić information content (AvgIpc) is 3.31. The van der Waals surface area contributed by atoms with Gasteiger partial charge in [-0.25, -0.2) is 9.59 Å². The molecule has 1 saturated heterocycles. The van der Waals surface area contributed by atoms with E-state index in [1.54, 1.807) is 9.80 Å². The third kappa shape index (κ3) is 7.01. The summed E-state index contributed by atoms with van der Waals surface area (Å²) in [6.07, 6.45) is -0.124. The van der Waals surface area contributed by atoms with Gasteiger partial charge in [0.25, 0.3) is 0 Å². The van der Waals surface area contributed by atoms with E-state index in [0.717, 1.165) is 27.8 Å². The summed E-state index contributed by atoms with van der Waals surface area (Å²) in [6, 6.07) is 25.9. The maximum absolute atomic E-state index is 14.0. The lowest BCUT2D eigenvalue weighted by atomic mass is 9.84.